The first-order valence-electron chi connectivity index (χ1n) is 8.50. The maximum atomic E-state index is 12.3. The number of aryl methyl sites for hydroxylation is 1. The molecule has 2 amide bonds. The third kappa shape index (κ3) is 4.19. The monoisotopic (exact) mass is 409 g/mol. The molecule has 10 nitrogen and oxygen atoms in total. The summed E-state index contributed by atoms with van der Waals surface area (Å²) in [6, 6.07) is 10.3. The van der Waals surface area contributed by atoms with Crippen LogP contribution in [-0.4, -0.2) is 36.0 Å². The third-order valence-electron chi connectivity index (χ3n) is 3.77. The molecule has 0 spiro atoms. The summed E-state index contributed by atoms with van der Waals surface area (Å²) in [5.41, 5.74) is 1.71. The van der Waals surface area contributed by atoms with Gasteiger partial charge in [-0.1, -0.05) is 10.6 Å². The molecule has 0 aliphatic carbocycles. The van der Waals surface area contributed by atoms with E-state index in [-0.39, 0.29) is 11.8 Å². The van der Waals surface area contributed by atoms with Gasteiger partial charge in [-0.05, 0) is 36.7 Å². The van der Waals surface area contributed by atoms with Crippen molar-refractivity contribution in [3.8, 4) is 11.6 Å². The second-order valence-corrected chi connectivity index (χ2v) is 6.81. The van der Waals surface area contributed by atoms with Crippen molar-refractivity contribution in [3.63, 3.8) is 0 Å². The van der Waals surface area contributed by atoms with Gasteiger partial charge in [0.2, 0.25) is 11.8 Å². The quantitative estimate of drug-likeness (QED) is 0.519. The van der Waals surface area contributed by atoms with Gasteiger partial charge >= 0.3 is 0 Å². The van der Waals surface area contributed by atoms with Gasteiger partial charge in [-0.3, -0.25) is 9.59 Å². The number of anilines is 2. The lowest BCUT2D eigenvalue weighted by Crippen LogP contribution is -2.11. The van der Waals surface area contributed by atoms with Crippen molar-refractivity contribution in [2.75, 3.05) is 10.6 Å². The van der Waals surface area contributed by atoms with Gasteiger partial charge in [-0.15, -0.1) is 10.2 Å². The second-order valence-electron chi connectivity index (χ2n) is 6.05. The molecule has 29 heavy (non-hydrogen) atoms. The van der Waals surface area contributed by atoms with Crippen molar-refractivity contribution >= 4 is 40.5 Å². The predicted octanol–water partition coefficient (Wildman–Crippen LogP) is 2.89. The van der Waals surface area contributed by atoms with Crippen molar-refractivity contribution in [2.24, 2.45) is 0 Å². The number of carbonyl (C=O) groups excluding carboxylic acids is 2. The van der Waals surface area contributed by atoms with E-state index in [0.29, 0.717) is 39.4 Å². The summed E-state index contributed by atoms with van der Waals surface area (Å²) in [7, 11) is 0. The van der Waals surface area contributed by atoms with Crippen LogP contribution >= 0.6 is 11.5 Å². The Kier molecular flexibility index (Phi) is 4.87. The van der Waals surface area contributed by atoms with Gasteiger partial charge in [0.05, 0.1) is 11.9 Å². The van der Waals surface area contributed by atoms with Crippen LogP contribution in [0.15, 0.2) is 42.6 Å². The molecule has 4 rings (SSSR count). The fourth-order valence-electron chi connectivity index (χ4n) is 2.55. The average molecular weight is 409 g/mol. The smallest absolute Gasteiger partial charge is 0.269 e. The zero-order valence-electron chi connectivity index (χ0n) is 15.4. The number of rotatable bonds is 5. The van der Waals surface area contributed by atoms with E-state index in [0.717, 1.165) is 11.5 Å². The van der Waals surface area contributed by atoms with E-state index in [1.54, 1.807) is 49.5 Å². The SMILES string of the molecule is CC(=O)Nc1cn2nc(Oc3cccc(NC(=O)c4snnc4C)c3)ccc2n1. The third-order valence-corrected chi connectivity index (χ3v) is 4.60. The van der Waals surface area contributed by atoms with Crippen LogP contribution in [0.25, 0.3) is 5.65 Å². The summed E-state index contributed by atoms with van der Waals surface area (Å²) in [6.07, 6.45) is 1.59. The molecule has 3 heterocycles. The number of hydrogen-bond donors (Lipinski definition) is 2. The van der Waals surface area contributed by atoms with Crippen LogP contribution in [0.3, 0.4) is 0 Å². The van der Waals surface area contributed by atoms with Crippen molar-refractivity contribution in [1.29, 1.82) is 0 Å². The number of hydrogen-bond acceptors (Lipinski definition) is 8. The molecule has 11 heteroatoms. The molecule has 0 saturated carbocycles. The number of ether oxygens (including phenoxy) is 1. The molecule has 0 fully saturated rings. The molecule has 0 radical (unpaired) electrons. The Labute approximate surface area is 168 Å². The summed E-state index contributed by atoms with van der Waals surface area (Å²) in [5.74, 6) is 0.733. The molecule has 0 atom stereocenters. The Morgan fingerprint density at radius 2 is 2.03 bits per heavy atom. The van der Waals surface area contributed by atoms with Crippen molar-refractivity contribution in [2.45, 2.75) is 13.8 Å². The summed E-state index contributed by atoms with van der Waals surface area (Å²) in [5, 5.41) is 13.6. The number of benzene rings is 1. The largest absolute Gasteiger partial charge is 0.438 e. The second kappa shape index (κ2) is 7.64. The van der Waals surface area contributed by atoms with E-state index >= 15 is 0 Å². The first-order valence-corrected chi connectivity index (χ1v) is 9.27. The highest BCUT2D eigenvalue weighted by molar-refractivity contribution is 7.08. The van der Waals surface area contributed by atoms with Gasteiger partial charge in [0.1, 0.15) is 10.6 Å². The predicted molar refractivity (Wildman–Crippen MR) is 106 cm³/mol. The maximum absolute atomic E-state index is 12.3. The minimum atomic E-state index is -0.280. The lowest BCUT2D eigenvalue weighted by atomic mass is 10.3. The van der Waals surface area contributed by atoms with Crippen LogP contribution in [0.5, 0.6) is 11.6 Å². The molecule has 1 aromatic carbocycles. The minimum absolute atomic E-state index is 0.215. The van der Waals surface area contributed by atoms with Crippen LogP contribution in [0.2, 0.25) is 0 Å². The van der Waals surface area contributed by atoms with Gasteiger partial charge in [0.15, 0.2) is 11.5 Å². The summed E-state index contributed by atoms with van der Waals surface area (Å²) in [4.78, 5) is 28.2. The molecule has 0 bridgehead atoms. The molecule has 0 unspecified atom stereocenters. The Morgan fingerprint density at radius 1 is 1.17 bits per heavy atom. The summed E-state index contributed by atoms with van der Waals surface area (Å²) in [6.45, 7) is 3.14. The van der Waals surface area contributed by atoms with E-state index in [1.807, 2.05) is 0 Å². The highest BCUT2D eigenvalue weighted by Gasteiger charge is 2.14. The minimum Gasteiger partial charge on any atom is -0.438 e. The average Bonchev–Trinajstić information content (AvgIpc) is 3.26. The van der Waals surface area contributed by atoms with E-state index in [1.165, 1.54) is 11.4 Å². The molecule has 2 N–H and O–H groups in total. The van der Waals surface area contributed by atoms with Gasteiger partial charge in [0.25, 0.3) is 5.91 Å². The Balaban J connectivity index is 1.50. The summed E-state index contributed by atoms with van der Waals surface area (Å²) >= 11 is 1.04. The fourth-order valence-corrected chi connectivity index (χ4v) is 3.10. The topological polar surface area (TPSA) is 123 Å². The van der Waals surface area contributed by atoms with E-state index in [2.05, 4.69) is 30.3 Å². The normalized spacial score (nSPS) is 10.7. The molecule has 4 aromatic rings. The number of imidazole rings is 1. The zero-order chi connectivity index (χ0) is 20.4. The molecular formula is C18H15N7O3S. The number of fused-ring (bicyclic) bond motifs is 1. The first-order chi connectivity index (χ1) is 14.0. The van der Waals surface area contributed by atoms with Crippen molar-refractivity contribution < 1.29 is 14.3 Å². The molecule has 3 aromatic heterocycles. The van der Waals surface area contributed by atoms with Crippen LogP contribution in [0.1, 0.15) is 22.3 Å². The molecule has 0 aliphatic heterocycles. The first kappa shape index (κ1) is 18.5. The molecule has 0 saturated heterocycles. The standard InChI is InChI=1S/C18H15N7O3S/c1-10-17(29-24-22-10)18(27)20-12-4-3-5-13(8-12)28-16-7-6-15-21-14(19-11(2)26)9-25(15)23-16/h3-9H,1-2H3,(H,19,26)(H,20,27). The molecule has 0 aliphatic rings. The van der Waals surface area contributed by atoms with E-state index in [9.17, 15) is 9.59 Å². The highest BCUT2D eigenvalue weighted by Crippen LogP contribution is 2.24. The van der Waals surface area contributed by atoms with Crippen LogP contribution in [0, 0.1) is 6.92 Å². The maximum Gasteiger partial charge on any atom is 0.269 e. The van der Waals surface area contributed by atoms with Crippen LogP contribution in [-0.2, 0) is 4.79 Å². The number of carbonyl (C=O) groups is 2. The van der Waals surface area contributed by atoms with Gasteiger partial charge in [-0.2, -0.15) is 0 Å². The summed E-state index contributed by atoms with van der Waals surface area (Å²) < 4.78 is 11.1. The Morgan fingerprint density at radius 3 is 2.79 bits per heavy atom. The molecule has 146 valence electrons. The van der Waals surface area contributed by atoms with Crippen molar-refractivity contribution in [1.82, 2.24) is 24.2 Å². The van der Waals surface area contributed by atoms with Crippen LogP contribution in [0.4, 0.5) is 11.5 Å². The lowest BCUT2D eigenvalue weighted by molar-refractivity contribution is -0.114. The van der Waals surface area contributed by atoms with E-state index < -0.39 is 0 Å². The number of nitrogens with one attached hydrogen (secondary N) is 2. The Bertz CT molecular complexity index is 1220. The van der Waals surface area contributed by atoms with E-state index in [4.69, 9.17) is 4.74 Å². The van der Waals surface area contributed by atoms with Gasteiger partial charge in [0, 0.05) is 24.7 Å². The lowest BCUT2D eigenvalue weighted by Gasteiger charge is -2.08. The Hall–Kier alpha value is -3.86. The van der Waals surface area contributed by atoms with Gasteiger partial charge in [-0.25, -0.2) is 9.50 Å². The highest BCUT2D eigenvalue weighted by atomic mass is 32.1. The van der Waals surface area contributed by atoms with Gasteiger partial charge < -0.3 is 15.4 Å². The van der Waals surface area contributed by atoms with Crippen molar-refractivity contribution in [3.05, 3.63) is 53.2 Å². The number of nitrogens with zero attached hydrogens (tertiary/aromatic N) is 5. The fraction of sp³-hybridized carbons (Fsp3) is 0.111. The number of aromatic nitrogens is 5. The number of amides is 2. The zero-order valence-corrected chi connectivity index (χ0v) is 16.2. The molecular weight excluding hydrogens is 394 g/mol. The van der Waals surface area contributed by atoms with Crippen LogP contribution < -0.4 is 15.4 Å².